The van der Waals surface area contributed by atoms with Gasteiger partial charge in [-0.25, -0.2) is 8.42 Å². The predicted molar refractivity (Wildman–Crippen MR) is 64.4 cm³/mol. The van der Waals surface area contributed by atoms with Crippen LogP contribution in [-0.4, -0.2) is 26.9 Å². The summed E-state index contributed by atoms with van der Waals surface area (Å²) in [7, 11) is -2.86. The van der Waals surface area contributed by atoms with Gasteiger partial charge in [-0.1, -0.05) is 63.7 Å². The molecule has 0 radical (unpaired) electrons. The Hall–Kier alpha value is 1.87. The van der Waals surface area contributed by atoms with Gasteiger partial charge in [0.1, 0.15) is 2.14 Å². The molecular formula is C5H6Br4O2S. The van der Waals surface area contributed by atoms with Gasteiger partial charge in [0.2, 0.25) is 0 Å². The topological polar surface area (TPSA) is 34.1 Å². The van der Waals surface area contributed by atoms with Crippen LogP contribution in [0.2, 0.25) is 0 Å². The van der Waals surface area contributed by atoms with Gasteiger partial charge in [-0.3, -0.25) is 0 Å². The van der Waals surface area contributed by atoms with Crippen molar-refractivity contribution in [3.05, 3.63) is 0 Å². The lowest BCUT2D eigenvalue weighted by Gasteiger charge is -2.21. The molecule has 7 heteroatoms. The van der Waals surface area contributed by atoms with E-state index in [0.717, 1.165) is 0 Å². The number of rotatable bonds is 0. The van der Waals surface area contributed by atoms with Crippen LogP contribution in [0.4, 0.5) is 0 Å². The Balaban J connectivity index is 2.85. The van der Waals surface area contributed by atoms with Crippen molar-refractivity contribution in [1.82, 2.24) is 0 Å². The maximum absolute atomic E-state index is 11.2. The Bertz CT molecular complexity index is 268. The molecule has 1 fully saturated rings. The molecule has 0 aromatic rings. The molecule has 1 aliphatic heterocycles. The second kappa shape index (κ2) is 3.79. The smallest absolute Gasteiger partial charge is 0.151 e. The molecule has 0 saturated carbocycles. The summed E-state index contributed by atoms with van der Waals surface area (Å²) in [5.74, 6) is 0.412. The van der Waals surface area contributed by atoms with Crippen LogP contribution in [0.5, 0.6) is 0 Å². The Kier molecular flexibility index (Phi) is 3.77. The van der Waals surface area contributed by atoms with Gasteiger partial charge in [0, 0.05) is 10.7 Å². The van der Waals surface area contributed by atoms with Crippen LogP contribution in [0.25, 0.3) is 0 Å². The Morgan fingerprint density at radius 3 is 1.83 bits per heavy atom. The van der Waals surface area contributed by atoms with Crippen molar-refractivity contribution in [3.63, 3.8) is 0 Å². The monoisotopic (exact) mass is 446 g/mol. The molecule has 1 heterocycles. The van der Waals surface area contributed by atoms with Crippen molar-refractivity contribution >= 4 is 73.6 Å². The molecule has 0 aliphatic carbocycles. The van der Waals surface area contributed by atoms with Crippen LogP contribution < -0.4 is 0 Å². The number of halogens is 4. The summed E-state index contributed by atoms with van der Waals surface area (Å²) >= 11 is 13.4. The molecule has 1 rings (SSSR count). The fourth-order valence-corrected chi connectivity index (χ4v) is 8.18. The first-order chi connectivity index (χ1) is 5.22. The van der Waals surface area contributed by atoms with E-state index in [1.165, 1.54) is 0 Å². The molecular weight excluding hydrogens is 444 g/mol. The predicted octanol–water partition coefficient (Wildman–Crippen LogP) is 2.63. The first kappa shape index (κ1) is 11.9. The summed E-state index contributed by atoms with van der Waals surface area (Å²) < 4.78 is 21.9. The van der Waals surface area contributed by atoms with Gasteiger partial charge in [-0.2, -0.15) is 0 Å². The normalized spacial score (nSPS) is 35.3. The van der Waals surface area contributed by atoms with Gasteiger partial charge in [-0.15, -0.1) is 0 Å². The molecule has 72 valence electrons. The standard InChI is InChI=1S/C5H6Br4O2S/c6-4-2-12(10,11)1-3(4)5(7,8)9/h3-4H,1-2H2/t3-,4-/m0/s1. The molecule has 12 heavy (non-hydrogen) atoms. The maximum Gasteiger partial charge on any atom is 0.151 e. The minimum absolute atomic E-state index is 0.000579. The van der Waals surface area contributed by atoms with Crippen molar-refractivity contribution in [2.24, 2.45) is 5.92 Å². The molecule has 1 saturated heterocycles. The molecule has 0 spiro atoms. The summed E-state index contributed by atoms with van der Waals surface area (Å²) in [4.78, 5) is 0.000579. The van der Waals surface area contributed by atoms with Crippen LogP contribution >= 0.6 is 63.7 Å². The van der Waals surface area contributed by atoms with E-state index in [1.54, 1.807) is 0 Å². The third-order valence-corrected chi connectivity index (χ3v) is 6.59. The number of hydrogen-bond donors (Lipinski definition) is 0. The van der Waals surface area contributed by atoms with Crippen molar-refractivity contribution in [3.8, 4) is 0 Å². The quantitative estimate of drug-likeness (QED) is 0.533. The van der Waals surface area contributed by atoms with Crippen molar-refractivity contribution < 1.29 is 8.42 Å². The first-order valence-corrected chi connectivity index (χ1v) is 8.25. The minimum atomic E-state index is -2.86. The SMILES string of the molecule is O=S1(=O)C[C@H](Br)[C@@H](C(Br)(Br)Br)C1. The molecule has 2 nitrogen and oxygen atoms in total. The Morgan fingerprint density at radius 2 is 1.67 bits per heavy atom. The van der Waals surface area contributed by atoms with E-state index in [2.05, 4.69) is 63.7 Å². The highest BCUT2D eigenvalue weighted by Gasteiger charge is 2.45. The van der Waals surface area contributed by atoms with E-state index >= 15 is 0 Å². The summed E-state index contributed by atoms with van der Waals surface area (Å²) in [6.07, 6.45) is 0. The molecule has 0 N–H and O–H groups in total. The van der Waals surface area contributed by atoms with Crippen molar-refractivity contribution in [2.75, 3.05) is 11.5 Å². The second-order valence-corrected chi connectivity index (χ2v) is 13.0. The number of alkyl halides is 4. The highest BCUT2D eigenvalue weighted by Crippen LogP contribution is 2.47. The molecule has 0 bridgehead atoms. The van der Waals surface area contributed by atoms with Gasteiger partial charge in [0.05, 0.1) is 11.5 Å². The van der Waals surface area contributed by atoms with Gasteiger partial charge in [0.25, 0.3) is 0 Å². The summed E-state index contributed by atoms with van der Waals surface area (Å²) in [5.41, 5.74) is 0. The Morgan fingerprint density at radius 1 is 1.17 bits per heavy atom. The average Bonchev–Trinajstić information content (AvgIpc) is 2.03. The fourth-order valence-electron chi connectivity index (χ4n) is 1.10. The number of sulfone groups is 1. The van der Waals surface area contributed by atoms with Crippen molar-refractivity contribution in [1.29, 1.82) is 0 Å². The summed E-state index contributed by atoms with van der Waals surface area (Å²) in [6.45, 7) is 0. The highest BCUT2D eigenvalue weighted by atomic mass is 80.0. The number of hydrogen-bond acceptors (Lipinski definition) is 2. The van der Waals surface area contributed by atoms with E-state index in [1.807, 2.05) is 0 Å². The van der Waals surface area contributed by atoms with E-state index in [-0.39, 0.29) is 22.3 Å². The molecule has 0 unspecified atom stereocenters. The molecule has 0 aromatic carbocycles. The third kappa shape index (κ3) is 2.93. The minimum Gasteiger partial charge on any atom is -0.229 e. The summed E-state index contributed by atoms with van der Waals surface area (Å²) in [5, 5.41) is 0. The van der Waals surface area contributed by atoms with E-state index in [9.17, 15) is 8.42 Å². The van der Waals surface area contributed by atoms with E-state index in [4.69, 9.17) is 0 Å². The van der Waals surface area contributed by atoms with Gasteiger partial charge >= 0.3 is 0 Å². The molecule has 0 amide bonds. The zero-order chi connectivity index (χ0) is 9.57. The third-order valence-electron chi connectivity index (χ3n) is 1.70. The lowest BCUT2D eigenvalue weighted by Crippen LogP contribution is -2.25. The summed E-state index contributed by atoms with van der Waals surface area (Å²) in [6, 6.07) is 0. The van der Waals surface area contributed by atoms with E-state index < -0.39 is 12.0 Å². The second-order valence-electron chi connectivity index (χ2n) is 2.74. The van der Waals surface area contributed by atoms with Crippen LogP contribution in [0, 0.1) is 5.92 Å². The van der Waals surface area contributed by atoms with Crippen molar-refractivity contribution in [2.45, 2.75) is 6.97 Å². The highest BCUT2D eigenvalue weighted by molar-refractivity contribution is 9.39. The van der Waals surface area contributed by atoms with Gasteiger partial charge in [0.15, 0.2) is 9.84 Å². The molecule has 0 aromatic heterocycles. The van der Waals surface area contributed by atoms with Crippen LogP contribution in [0.3, 0.4) is 0 Å². The maximum atomic E-state index is 11.2. The lowest BCUT2D eigenvalue weighted by atomic mass is 10.2. The zero-order valence-corrected chi connectivity index (χ0v) is 13.0. The Labute approximate surface area is 105 Å². The van der Waals surface area contributed by atoms with Crippen LogP contribution in [-0.2, 0) is 9.84 Å². The average molecular weight is 450 g/mol. The van der Waals surface area contributed by atoms with Crippen LogP contribution in [0.1, 0.15) is 0 Å². The zero-order valence-electron chi connectivity index (χ0n) is 5.81. The largest absolute Gasteiger partial charge is 0.229 e. The first-order valence-electron chi connectivity index (χ1n) is 3.13. The van der Waals surface area contributed by atoms with Gasteiger partial charge < -0.3 is 0 Å². The van der Waals surface area contributed by atoms with Gasteiger partial charge in [-0.05, 0) is 0 Å². The molecule has 2 atom stereocenters. The molecule has 1 aliphatic rings. The van der Waals surface area contributed by atoms with E-state index in [0.29, 0.717) is 0 Å². The van der Waals surface area contributed by atoms with Crippen LogP contribution in [0.15, 0.2) is 0 Å². The fraction of sp³-hybridized carbons (Fsp3) is 1.00. The lowest BCUT2D eigenvalue weighted by molar-refractivity contribution is 0.598.